The standard InChI is InChI=1S/C23H34FNO6S/c1-17(2)31-22(27)25-9-7-23(8-10-25)15-18(16-23)4-3-12-30-21-6-5-19(14-20(21)24)32(28,29)13-11-26/h5-6,14,17-18,26H,3-4,7-13,15-16H2,1-2H3. The summed E-state index contributed by atoms with van der Waals surface area (Å²) in [5, 5.41) is 8.83. The van der Waals surface area contributed by atoms with Crippen molar-refractivity contribution in [2.24, 2.45) is 11.3 Å². The third-order valence-electron chi connectivity index (χ3n) is 6.50. The molecule has 0 aromatic heterocycles. The number of ether oxygens (including phenoxy) is 2. The van der Waals surface area contributed by atoms with Crippen LogP contribution in [0.2, 0.25) is 0 Å². The van der Waals surface area contributed by atoms with Crippen molar-refractivity contribution in [1.82, 2.24) is 4.90 Å². The molecule has 1 aliphatic heterocycles. The van der Waals surface area contributed by atoms with Gasteiger partial charge in [0.15, 0.2) is 21.4 Å². The van der Waals surface area contributed by atoms with Gasteiger partial charge in [0.2, 0.25) is 0 Å². The van der Waals surface area contributed by atoms with E-state index in [4.69, 9.17) is 14.6 Å². The Bertz CT molecular complexity index is 888. The third-order valence-corrected chi connectivity index (χ3v) is 8.19. The Morgan fingerprint density at radius 2 is 1.97 bits per heavy atom. The number of piperidine rings is 1. The second kappa shape index (κ2) is 10.4. The van der Waals surface area contributed by atoms with Crippen LogP contribution in [-0.4, -0.2) is 62.7 Å². The van der Waals surface area contributed by atoms with Gasteiger partial charge in [0.1, 0.15) is 0 Å². The predicted octanol–water partition coefficient (Wildman–Crippen LogP) is 3.79. The van der Waals surface area contributed by atoms with Gasteiger partial charge in [-0.2, -0.15) is 0 Å². The van der Waals surface area contributed by atoms with Gasteiger partial charge in [0, 0.05) is 13.1 Å². The van der Waals surface area contributed by atoms with Gasteiger partial charge in [-0.1, -0.05) is 0 Å². The van der Waals surface area contributed by atoms with E-state index in [2.05, 4.69) is 0 Å². The molecule has 1 saturated carbocycles. The minimum Gasteiger partial charge on any atom is -0.491 e. The number of sulfone groups is 1. The summed E-state index contributed by atoms with van der Waals surface area (Å²) in [6.45, 7) is 5.09. The van der Waals surface area contributed by atoms with Crippen LogP contribution in [0.4, 0.5) is 9.18 Å². The summed E-state index contributed by atoms with van der Waals surface area (Å²) in [6, 6.07) is 3.58. The summed E-state index contributed by atoms with van der Waals surface area (Å²) >= 11 is 0. The number of amides is 1. The smallest absolute Gasteiger partial charge is 0.410 e. The van der Waals surface area contributed by atoms with Crippen molar-refractivity contribution < 1.29 is 32.2 Å². The number of likely N-dealkylation sites (tertiary alicyclic amines) is 1. The van der Waals surface area contributed by atoms with E-state index < -0.39 is 28.0 Å². The van der Waals surface area contributed by atoms with Gasteiger partial charge in [-0.05, 0) is 81.9 Å². The average molecular weight is 472 g/mol. The fourth-order valence-corrected chi connectivity index (χ4v) is 5.84. The molecule has 2 fully saturated rings. The van der Waals surface area contributed by atoms with E-state index in [-0.39, 0.29) is 22.8 Å². The first-order valence-corrected chi connectivity index (χ1v) is 13.0. The Kier molecular flexibility index (Phi) is 8.03. The summed E-state index contributed by atoms with van der Waals surface area (Å²) in [4.78, 5) is 13.7. The molecular formula is C23H34FNO6S. The second-order valence-electron chi connectivity index (χ2n) is 9.32. The Hall–Kier alpha value is -1.87. The monoisotopic (exact) mass is 471 g/mol. The molecule has 1 spiro atoms. The molecule has 9 heteroatoms. The molecule has 0 unspecified atom stereocenters. The molecule has 1 amide bonds. The number of rotatable bonds is 9. The van der Waals surface area contributed by atoms with Gasteiger partial charge in [-0.3, -0.25) is 0 Å². The van der Waals surface area contributed by atoms with E-state index in [0.29, 0.717) is 17.9 Å². The molecule has 32 heavy (non-hydrogen) atoms. The Morgan fingerprint density at radius 3 is 2.56 bits per heavy atom. The molecule has 3 rings (SSSR count). The van der Waals surface area contributed by atoms with Crippen molar-refractivity contribution in [1.29, 1.82) is 0 Å². The van der Waals surface area contributed by atoms with Crippen LogP contribution < -0.4 is 4.74 Å². The van der Waals surface area contributed by atoms with Crippen molar-refractivity contribution in [3.63, 3.8) is 0 Å². The first-order chi connectivity index (χ1) is 15.1. The fraction of sp³-hybridized carbons (Fsp3) is 0.696. The van der Waals surface area contributed by atoms with Crippen LogP contribution in [0.3, 0.4) is 0 Å². The zero-order chi connectivity index (χ0) is 23.4. The summed E-state index contributed by atoms with van der Waals surface area (Å²) < 4.78 is 48.8. The van der Waals surface area contributed by atoms with Crippen LogP contribution in [-0.2, 0) is 14.6 Å². The number of nitrogens with zero attached hydrogens (tertiary/aromatic N) is 1. The molecule has 1 heterocycles. The highest BCUT2D eigenvalue weighted by atomic mass is 32.2. The van der Waals surface area contributed by atoms with Crippen molar-refractivity contribution in [3.8, 4) is 5.75 Å². The van der Waals surface area contributed by atoms with Gasteiger partial charge in [-0.25, -0.2) is 17.6 Å². The summed E-state index contributed by atoms with van der Waals surface area (Å²) in [7, 11) is -3.68. The van der Waals surface area contributed by atoms with Crippen LogP contribution in [0.5, 0.6) is 5.75 Å². The molecule has 1 aromatic carbocycles. The van der Waals surface area contributed by atoms with Crippen LogP contribution in [0.15, 0.2) is 23.1 Å². The molecule has 0 bridgehead atoms. The number of aliphatic hydroxyl groups excluding tert-OH is 1. The summed E-state index contributed by atoms with van der Waals surface area (Å²) in [6.07, 6.45) is 5.85. The van der Waals surface area contributed by atoms with Crippen molar-refractivity contribution in [2.45, 2.75) is 63.4 Å². The predicted molar refractivity (Wildman–Crippen MR) is 118 cm³/mol. The molecule has 0 atom stereocenters. The van der Waals surface area contributed by atoms with E-state index in [9.17, 15) is 17.6 Å². The van der Waals surface area contributed by atoms with Gasteiger partial charge >= 0.3 is 6.09 Å². The average Bonchev–Trinajstić information content (AvgIpc) is 2.70. The molecule has 1 N–H and O–H groups in total. The van der Waals surface area contributed by atoms with Gasteiger partial charge in [0.25, 0.3) is 0 Å². The van der Waals surface area contributed by atoms with E-state index in [1.807, 2.05) is 13.8 Å². The summed E-state index contributed by atoms with van der Waals surface area (Å²) in [5.41, 5.74) is 0.349. The number of hydrogen-bond donors (Lipinski definition) is 1. The lowest BCUT2D eigenvalue weighted by Crippen LogP contribution is -2.49. The molecule has 7 nitrogen and oxygen atoms in total. The number of carbonyl (C=O) groups is 1. The quantitative estimate of drug-likeness (QED) is 0.551. The van der Waals surface area contributed by atoms with Crippen LogP contribution in [0, 0.1) is 17.2 Å². The van der Waals surface area contributed by atoms with E-state index in [1.54, 1.807) is 4.90 Å². The lowest BCUT2D eigenvalue weighted by Gasteiger charge is -2.52. The van der Waals surface area contributed by atoms with Gasteiger partial charge in [-0.15, -0.1) is 0 Å². The Labute approximate surface area is 189 Å². The first-order valence-electron chi connectivity index (χ1n) is 11.4. The number of carbonyl (C=O) groups excluding carboxylic acids is 1. The fourth-order valence-electron chi connectivity index (χ4n) is 4.80. The van der Waals surface area contributed by atoms with Gasteiger partial charge < -0.3 is 19.5 Å². The normalized spacial score (nSPS) is 18.6. The Balaban J connectivity index is 1.36. The molecule has 1 aliphatic carbocycles. The lowest BCUT2D eigenvalue weighted by molar-refractivity contribution is -0.0204. The number of aliphatic hydroxyl groups is 1. The van der Waals surface area contributed by atoms with Crippen LogP contribution >= 0.6 is 0 Å². The Morgan fingerprint density at radius 1 is 1.28 bits per heavy atom. The second-order valence-corrected chi connectivity index (χ2v) is 11.4. The number of halogens is 1. The van der Waals surface area contributed by atoms with E-state index in [0.717, 1.165) is 57.7 Å². The van der Waals surface area contributed by atoms with Crippen LogP contribution in [0.1, 0.15) is 52.4 Å². The summed E-state index contributed by atoms with van der Waals surface area (Å²) in [5.74, 6) is -0.480. The maximum absolute atomic E-state index is 14.2. The lowest BCUT2D eigenvalue weighted by atomic mass is 9.56. The molecule has 2 aliphatic rings. The highest BCUT2D eigenvalue weighted by Gasteiger charge is 2.46. The van der Waals surface area contributed by atoms with Gasteiger partial charge in [0.05, 0.1) is 30.0 Å². The van der Waals surface area contributed by atoms with Crippen LogP contribution in [0.25, 0.3) is 0 Å². The number of hydrogen-bond acceptors (Lipinski definition) is 6. The zero-order valence-corrected chi connectivity index (χ0v) is 19.7. The highest BCUT2D eigenvalue weighted by molar-refractivity contribution is 7.91. The largest absolute Gasteiger partial charge is 0.491 e. The molecule has 1 aromatic rings. The topological polar surface area (TPSA) is 93.1 Å². The molecule has 1 saturated heterocycles. The molecule has 180 valence electrons. The van der Waals surface area contributed by atoms with Crippen molar-refractivity contribution >= 4 is 15.9 Å². The van der Waals surface area contributed by atoms with E-state index in [1.165, 1.54) is 12.1 Å². The van der Waals surface area contributed by atoms with Crippen molar-refractivity contribution in [3.05, 3.63) is 24.0 Å². The SMILES string of the molecule is CC(C)OC(=O)N1CCC2(CC1)CC(CCCOc1ccc(S(=O)(=O)CCO)cc1F)C2. The zero-order valence-electron chi connectivity index (χ0n) is 18.9. The third kappa shape index (κ3) is 6.13. The molecule has 0 radical (unpaired) electrons. The highest BCUT2D eigenvalue weighted by Crippen LogP contribution is 2.54. The molecular weight excluding hydrogens is 437 g/mol. The maximum atomic E-state index is 14.2. The minimum absolute atomic E-state index is 0.0404. The maximum Gasteiger partial charge on any atom is 0.410 e. The van der Waals surface area contributed by atoms with E-state index >= 15 is 0 Å². The first kappa shape index (κ1) is 24.8. The minimum atomic E-state index is -3.68. The van der Waals surface area contributed by atoms with Crippen molar-refractivity contribution in [2.75, 3.05) is 32.1 Å². The number of benzene rings is 1.